The molecule has 1 atom stereocenters. The van der Waals surface area contributed by atoms with Crippen LogP contribution in [-0.4, -0.2) is 30.3 Å². The van der Waals surface area contributed by atoms with Crippen LogP contribution in [0.1, 0.15) is 48.9 Å². The Bertz CT molecular complexity index is 970. The van der Waals surface area contributed by atoms with E-state index >= 15 is 0 Å². The van der Waals surface area contributed by atoms with Crippen LogP contribution in [0.25, 0.3) is 0 Å². The Morgan fingerprint density at radius 2 is 1.68 bits per heavy atom. The number of hydrogen-bond donors (Lipinski definition) is 2. The summed E-state index contributed by atoms with van der Waals surface area (Å²) < 4.78 is 13.2. The summed E-state index contributed by atoms with van der Waals surface area (Å²) >= 11 is 0. The van der Waals surface area contributed by atoms with Gasteiger partial charge in [0.1, 0.15) is 5.82 Å². The summed E-state index contributed by atoms with van der Waals surface area (Å²) in [6.07, 6.45) is 5.45. The zero-order valence-corrected chi connectivity index (χ0v) is 17.3. The molecule has 1 unspecified atom stereocenters. The Balaban J connectivity index is 1.42. The predicted molar refractivity (Wildman–Crippen MR) is 116 cm³/mol. The first-order valence-corrected chi connectivity index (χ1v) is 10.8. The molecule has 0 spiro atoms. The number of halogens is 1. The molecule has 1 aliphatic heterocycles. The Morgan fingerprint density at radius 3 is 2.42 bits per heavy atom. The van der Waals surface area contributed by atoms with E-state index in [4.69, 9.17) is 0 Å². The quantitative estimate of drug-likeness (QED) is 0.766. The number of para-hydroxylation sites is 1. The molecule has 0 bridgehead atoms. The number of nitrogens with one attached hydrogen (secondary N) is 2. The van der Waals surface area contributed by atoms with Gasteiger partial charge in [-0.05, 0) is 49.2 Å². The molecule has 7 heteroatoms. The topological polar surface area (TPSA) is 78.5 Å². The fourth-order valence-electron chi connectivity index (χ4n) is 4.29. The molecular weight excluding hydrogens is 397 g/mol. The molecule has 3 amide bonds. The van der Waals surface area contributed by atoms with Crippen LogP contribution in [0, 0.1) is 11.7 Å². The molecule has 2 aromatic rings. The van der Waals surface area contributed by atoms with E-state index in [0.717, 1.165) is 25.7 Å². The fraction of sp³-hybridized carbons (Fsp3) is 0.375. The second kappa shape index (κ2) is 9.29. The van der Waals surface area contributed by atoms with E-state index in [1.807, 2.05) is 0 Å². The number of anilines is 2. The molecule has 1 aliphatic carbocycles. The first-order chi connectivity index (χ1) is 15.0. The maximum Gasteiger partial charge on any atom is 0.253 e. The molecule has 6 nitrogen and oxygen atoms in total. The van der Waals surface area contributed by atoms with Crippen molar-refractivity contribution in [1.29, 1.82) is 0 Å². The van der Waals surface area contributed by atoms with Crippen molar-refractivity contribution in [2.45, 2.75) is 44.6 Å². The molecule has 1 heterocycles. The number of rotatable bonds is 5. The molecule has 0 aromatic heterocycles. The highest BCUT2D eigenvalue weighted by molar-refractivity contribution is 6.07. The van der Waals surface area contributed by atoms with E-state index in [9.17, 15) is 18.8 Å². The maximum absolute atomic E-state index is 13.2. The number of benzene rings is 2. The van der Waals surface area contributed by atoms with E-state index in [0.29, 0.717) is 16.9 Å². The number of hydrogen-bond acceptors (Lipinski definition) is 3. The van der Waals surface area contributed by atoms with Gasteiger partial charge >= 0.3 is 0 Å². The zero-order chi connectivity index (χ0) is 21.8. The van der Waals surface area contributed by atoms with Crippen LogP contribution in [0.5, 0.6) is 0 Å². The molecule has 1 saturated heterocycles. The third kappa shape index (κ3) is 4.93. The summed E-state index contributed by atoms with van der Waals surface area (Å²) in [7, 11) is 0. The van der Waals surface area contributed by atoms with Gasteiger partial charge in [-0.3, -0.25) is 14.4 Å². The highest BCUT2D eigenvalue weighted by atomic mass is 19.1. The third-order valence-electron chi connectivity index (χ3n) is 6.00. The summed E-state index contributed by atoms with van der Waals surface area (Å²) in [6, 6.07) is 12.7. The van der Waals surface area contributed by atoms with Gasteiger partial charge in [-0.1, -0.05) is 31.4 Å². The Labute approximate surface area is 180 Å². The van der Waals surface area contributed by atoms with Crippen molar-refractivity contribution in [2.24, 2.45) is 5.92 Å². The number of amides is 3. The van der Waals surface area contributed by atoms with E-state index < -0.39 is 5.92 Å². The largest absolute Gasteiger partial charge is 0.349 e. The minimum absolute atomic E-state index is 0.0691. The minimum atomic E-state index is -0.549. The average Bonchev–Trinajstić information content (AvgIpc) is 3.17. The van der Waals surface area contributed by atoms with Gasteiger partial charge in [0.25, 0.3) is 5.91 Å². The van der Waals surface area contributed by atoms with E-state index in [1.165, 1.54) is 35.6 Å². The lowest BCUT2D eigenvalue weighted by Crippen LogP contribution is -2.36. The van der Waals surface area contributed by atoms with Crippen LogP contribution < -0.4 is 15.5 Å². The molecule has 2 aliphatic rings. The lowest BCUT2D eigenvalue weighted by atomic mass is 9.95. The van der Waals surface area contributed by atoms with Crippen molar-refractivity contribution < 1.29 is 18.8 Å². The number of carbonyl (C=O) groups is 3. The van der Waals surface area contributed by atoms with Gasteiger partial charge in [0.05, 0.1) is 17.2 Å². The lowest BCUT2D eigenvalue weighted by Gasteiger charge is -2.23. The fourth-order valence-corrected chi connectivity index (χ4v) is 4.29. The summed E-state index contributed by atoms with van der Waals surface area (Å²) in [4.78, 5) is 39.6. The molecular formula is C24H26FN3O3. The molecule has 1 saturated carbocycles. The normalized spacial score (nSPS) is 19.3. The molecule has 2 fully saturated rings. The highest BCUT2D eigenvalue weighted by Gasteiger charge is 2.35. The van der Waals surface area contributed by atoms with Crippen molar-refractivity contribution in [3.05, 3.63) is 59.9 Å². The molecule has 31 heavy (non-hydrogen) atoms. The molecule has 2 aromatic carbocycles. The van der Waals surface area contributed by atoms with Crippen molar-refractivity contribution in [3.8, 4) is 0 Å². The smallest absolute Gasteiger partial charge is 0.253 e. The van der Waals surface area contributed by atoms with Crippen molar-refractivity contribution in [1.82, 2.24) is 5.32 Å². The summed E-state index contributed by atoms with van der Waals surface area (Å²) in [5, 5.41) is 5.91. The second-order valence-electron chi connectivity index (χ2n) is 8.23. The summed E-state index contributed by atoms with van der Waals surface area (Å²) in [5.41, 5.74) is 1.42. The lowest BCUT2D eigenvalue weighted by molar-refractivity contribution is -0.122. The van der Waals surface area contributed by atoms with Gasteiger partial charge in [0.15, 0.2) is 0 Å². The van der Waals surface area contributed by atoms with Crippen molar-refractivity contribution in [3.63, 3.8) is 0 Å². The third-order valence-corrected chi connectivity index (χ3v) is 6.00. The van der Waals surface area contributed by atoms with Gasteiger partial charge in [-0.2, -0.15) is 0 Å². The second-order valence-corrected chi connectivity index (χ2v) is 8.23. The van der Waals surface area contributed by atoms with E-state index in [2.05, 4.69) is 10.6 Å². The predicted octanol–water partition coefficient (Wildman–Crippen LogP) is 3.88. The SMILES string of the molecule is O=C(NC1CCCCC1)c1ccccc1NC(=O)C1CC(=O)N(c2ccc(F)cc2)C1. The summed E-state index contributed by atoms with van der Waals surface area (Å²) in [6.45, 7) is 0.215. The first kappa shape index (κ1) is 21.0. The van der Waals surface area contributed by atoms with Crippen LogP contribution in [0.15, 0.2) is 48.5 Å². The van der Waals surface area contributed by atoms with Crippen molar-refractivity contribution in [2.75, 3.05) is 16.8 Å². The van der Waals surface area contributed by atoms with Crippen LogP contribution >= 0.6 is 0 Å². The van der Waals surface area contributed by atoms with Crippen LogP contribution in [-0.2, 0) is 9.59 Å². The Morgan fingerprint density at radius 1 is 0.968 bits per heavy atom. The van der Waals surface area contributed by atoms with Crippen molar-refractivity contribution >= 4 is 29.1 Å². The van der Waals surface area contributed by atoms with Gasteiger partial charge in [0, 0.05) is 24.7 Å². The van der Waals surface area contributed by atoms with Gasteiger partial charge in [-0.15, -0.1) is 0 Å². The average molecular weight is 423 g/mol. The molecule has 4 rings (SSSR count). The number of carbonyl (C=O) groups excluding carboxylic acids is 3. The first-order valence-electron chi connectivity index (χ1n) is 10.8. The Kier molecular flexibility index (Phi) is 6.30. The zero-order valence-electron chi connectivity index (χ0n) is 17.3. The van der Waals surface area contributed by atoms with Gasteiger partial charge < -0.3 is 15.5 Å². The van der Waals surface area contributed by atoms with Crippen LogP contribution in [0.3, 0.4) is 0 Å². The minimum Gasteiger partial charge on any atom is -0.349 e. The van der Waals surface area contributed by atoms with Crippen LogP contribution in [0.4, 0.5) is 15.8 Å². The highest BCUT2D eigenvalue weighted by Crippen LogP contribution is 2.27. The summed E-state index contributed by atoms with van der Waals surface area (Å²) in [5.74, 6) is -1.62. The maximum atomic E-state index is 13.2. The van der Waals surface area contributed by atoms with Gasteiger partial charge in [0.2, 0.25) is 11.8 Å². The van der Waals surface area contributed by atoms with Gasteiger partial charge in [-0.25, -0.2) is 4.39 Å². The molecule has 162 valence electrons. The number of nitrogens with zero attached hydrogens (tertiary/aromatic N) is 1. The van der Waals surface area contributed by atoms with Crippen LogP contribution in [0.2, 0.25) is 0 Å². The van der Waals surface area contributed by atoms with E-state index in [-0.39, 0.29) is 42.5 Å². The standard InChI is InChI=1S/C24H26FN3O3/c25-17-10-12-19(13-11-17)28-15-16(14-22(28)29)23(30)27-21-9-5-4-8-20(21)24(31)26-18-6-2-1-3-7-18/h4-5,8-13,16,18H,1-3,6-7,14-15H2,(H,26,31)(H,27,30). The molecule has 2 N–H and O–H groups in total. The van der Waals surface area contributed by atoms with E-state index in [1.54, 1.807) is 24.3 Å². The monoisotopic (exact) mass is 423 g/mol. The molecule has 0 radical (unpaired) electrons. The Hall–Kier alpha value is -3.22.